The predicted octanol–water partition coefficient (Wildman–Crippen LogP) is 3.36. The third-order valence-electron chi connectivity index (χ3n) is 1.93. The van der Waals surface area contributed by atoms with Gasteiger partial charge in [-0.1, -0.05) is 15.9 Å². The van der Waals surface area contributed by atoms with Crippen LogP contribution in [0.15, 0.2) is 28.9 Å². The standard InChI is InChI=1S/C9H6BrF3N2/c10-7-1-2-8-6(3-7)4-14-15(8)5-9(11,12)13/h1-4H,5H2. The number of rotatable bonds is 1. The second-order valence-corrected chi connectivity index (χ2v) is 4.04. The number of alkyl halides is 3. The first-order valence-electron chi connectivity index (χ1n) is 4.13. The largest absolute Gasteiger partial charge is 0.408 e. The van der Waals surface area contributed by atoms with Crippen LogP contribution in [-0.2, 0) is 6.54 Å². The quantitative estimate of drug-likeness (QED) is 0.782. The monoisotopic (exact) mass is 278 g/mol. The van der Waals surface area contributed by atoms with E-state index in [2.05, 4.69) is 21.0 Å². The summed E-state index contributed by atoms with van der Waals surface area (Å²) in [6.07, 6.45) is -2.82. The number of aromatic nitrogens is 2. The fourth-order valence-corrected chi connectivity index (χ4v) is 1.73. The van der Waals surface area contributed by atoms with Crippen LogP contribution in [0, 0.1) is 0 Å². The molecule has 0 amide bonds. The highest BCUT2D eigenvalue weighted by atomic mass is 79.9. The zero-order valence-electron chi connectivity index (χ0n) is 7.42. The van der Waals surface area contributed by atoms with Crippen LogP contribution in [0.5, 0.6) is 0 Å². The second kappa shape index (κ2) is 3.52. The van der Waals surface area contributed by atoms with Crippen molar-refractivity contribution in [2.45, 2.75) is 12.7 Å². The van der Waals surface area contributed by atoms with Crippen molar-refractivity contribution >= 4 is 26.8 Å². The summed E-state index contributed by atoms with van der Waals surface area (Å²) < 4.78 is 38.2. The fourth-order valence-electron chi connectivity index (χ4n) is 1.35. The van der Waals surface area contributed by atoms with Crippen LogP contribution in [0.2, 0.25) is 0 Å². The molecule has 0 saturated heterocycles. The highest BCUT2D eigenvalue weighted by molar-refractivity contribution is 9.10. The summed E-state index contributed by atoms with van der Waals surface area (Å²) in [4.78, 5) is 0. The zero-order valence-corrected chi connectivity index (χ0v) is 9.01. The lowest BCUT2D eigenvalue weighted by atomic mass is 10.2. The van der Waals surface area contributed by atoms with E-state index in [1.165, 1.54) is 6.20 Å². The topological polar surface area (TPSA) is 17.8 Å². The summed E-state index contributed by atoms with van der Waals surface area (Å²) in [6.45, 7) is -1.06. The van der Waals surface area contributed by atoms with Crippen LogP contribution < -0.4 is 0 Å². The van der Waals surface area contributed by atoms with Gasteiger partial charge in [0, 0.05) is 9.86 Å². The molecule has 1 aromatic heterocycles. The molecule has 2 aromatic rings. The maximum absolute atomic E-state index is 12.2. The number of benzene rings is 1. The van der Waals surface area contributed by atoms with E-state index in [0.717, 1.165) is 9.15 Å². The van der Waals surface area contributed by atoms with Crippen LogP contribution in [0.3, 0.4) is 0 Å². The molecule has 0 bridgehead atoms. The number of fused-ring (bicyclic) bond motifs is 1. The third kappa shape index (κ3) is 2.31. The van der Waals surface area contributed by atoms with E-state index in [9.17, 15) is 13.2 Å². The van der Waals surface area contributed by atoms with Crippen molar-refractivity contribution in [1.82, 2.24) is 9.78 Å². The van der Waals surface area contributed by atoms with Crippen LogP contribution in [0.4, 0.5) is 13.2 Å². The first kappa shape index (κ1) is 10.5. The van der Waals surface area contributed by atoms with Gasteiger partial charge in [0.15, 0.2) is 0 Å². The van der Waals surface area contributed by atoms with Gasteiger partial charge in [-0.2, -0.15) is 18.3 Å². The number of hydrogen-bond donors (Lipinski definition) is 0. The minimum absolute atomic E-state index is 0.482. The molecule has 0 spiro atoms. The van der Waals surface area contributed by atoms with Gasteiger partial charge in [0.2, 0.25) is 0 Å². The van der Waals surface area contributed by atoms with E-state index in [0.29, 0.717) is 10.9 Å². The van der Waals surface area contributed by atoms with E-state index < -0.39 is 12.7 Å². The van der Waals surface area contributed by atoms with Gasteiger partial charge >= 0.3 is 6.18 Å². The lowest BCUT2D eigenvalue weighted by Crippen LogP contribution is -2.18. The molecule has 80 valence electrons. The summed E-state index contributed by atoms with van der Waals surface area (Å²) >= 11 is 3.24. The predicted molar refractivity (Wildman–Crippen MR) is 53.5 cm³/mol. The molecule has 15 heavy (non-hydrogen) atoms. The summed E-state index contributed by atoms with van der Waals surface area (Å²) in [5.41, 5.74) is 0.482. The van der Waals surface area contributed by atoms with Gasteiger partial charge in [-0.15, -0.1) is 0 Å². The Kier molecular flexibility index (Phi) is 2.46. The van der Waals surface area contributed by atoms with Gasteiger partial charge in [-0.05, 0) is 18.2 Å². The Morgan fingerprint density at radius 1 is 1.33 bits per heavy atom. The highest BCUT2D eigenvalue weighted by Crippen LogP contribution is 2.23. The van der Waals surface area contributed by atoms with Crippen LogP contribution in [0.25, 0.3) is 10.9 Å². The van der Waals surface area contributed by atoms with Crippen LogP contribution in [-0.4, -0.2) is 16.0 Å². The lowest BCUT2D eigenvalue weighted by Gasteiger charge is -2.07. The minimum Gasteiger partial charge on any atom is -0.256 e. The summed E-state index contributed by atoms with van der Waals surface area (Å²) in [5.74, 6) is 0. The van der Waals surface area contributed by atoms with Crippen molar-refractivity contribution in [3.8, 4) is 0 Å². The van der Waals surface area contributed by atoms with Crippen molar-refractivity contribution in [2.75, 3.05) is 0 Å². The maximum Gasteiger partial charge on any atom is 0.408 e. The van der Waals surface area contributed by atoms with Crippen LogP contribution in [0.1, 0.15) is 0 Å². The van der Waals surface area contributed by atoms with E-state index in [1.54, 1.807) is 18.2 Å². The summed E-state index contributed by atoms with van der Waals surface area (Å²) in [5, 5.41) is 4.39. The Bertz CT molecular complexity index is 490. The maximum atomic E-state index is 12.2. The Morgan fingerprint density at radius 3 is 2.73 bits per heavy atom. The Balaban J connectivity index is 2.45. The van der Waals surface area contributed by atoms with Crippen molar-refractivity contribution in [2.24, 2.45) is 0 Å². The summed E-state index contributed by atoms with van der Waals surface area (Å²) in [6, 6.07) is 5.03. The first-order chi connectivity index (χ1) is 6.96. The Hall–Kier alpha value is -1.04. The van der Waals surface area contributed by atoms with E-state index >= 15 is 0 Å². The minimum atomic E-state index is -4.24. The van der Waals surface area contributed by atoms with Gasteiger partial charge < -0.3 is 0 Å². The van der Waals surface area contributed by atoms with Crippen LogP contribution >= 0.6 is 15.9 Å². The molecule has 0 aliphatic carbocycles. The van der Waals surface area contributed by atoms with Gasteiger partial charge in [-0.3, -0.25) is 4.68 Å². The fraction of sp³-hybridized carbons (Fsp3) is 0.222. The summed E-state index contributed by atoms with van der Waals surface area (Å²) in [7, 11) is 0. The average molecular weight is 279 g/mol. The lowest BCUT2D eigenvalue weighted by molar-refractivity contribution is -0.141. The number of hydrogen-bond acceptors (Lipinski definition) is 1. The van der Waals surface area contributed by atoms with E-state index in [4.69, 9.17) is 0 Å². The second-order valence-electron chi connectivity index (χ2n) is 3.12. The molecular weight excluding hydrogens is 273 g/mol. The van der Waals surface area contributed by atoms with Crippen molar-refractivity contribution in [1.29, 1.82) is 0 Å². The molecule has 0 aliphatic heterocycles. The third-order valence-corrected chi connectivity index (χ3v) is 2.43. The van der Waals surface area contributed by atoms with Crippen molar-refractivity contribution in [3.63, 3.8) is 0 Å². The van der Waals surface area contributed by atoms with E-state index in [-0.39, 0.29) is 0 Å². The molecule has 0 radical (unpaired) electrons. The smallest absolute Gasteiger partial charge is 0.256 e. The number of halogens is 4. The van der Waals surface area contributed by atoms with Gasteiger partial charge in [0.05, 0.1) is 11.7 Å². The first-order valence-corrected chi connectivity index (χ1v) is 4.93. The van der Waals surface area contributed by atoms with Crippen molar-refractivity contribution < 1.29 is 13.2 Å². The van der Waals surface area contributed by atoms with Gasteiger partial charge in [0.1, 0.15) is 6.54 Å². The highest BCUT2D eigenvalue weighted by Gasteiger charge is 2.28. The molecule has 6 heteroatoms. The molecule has 0 aliphatic rings. The Labute approximate surface area is 91.8 Å². The molecule has 0 atom stereocenters. The average Bonchev–Trinajstić information content (AvgIpc) is 2.45. The molecule has 2 nitrogen and oxygen atoms in total. The van der Waals surface area contributed by atoms with Crippen molar-refractivity contribution in [3.05, 3.63) is 28.9 Å². The molecule has 0 fully saturated rings. The van der Waals surface area contributed by atoms with Gasteiger partial charge in [0.25, 0.3) is 0 Å². The normalized spacial score (nSPS) is 12.3. The Morgan fingerprint density at radius 2 is 2.07 bits per heavy atom. The van der Waals surface area contributed by atoms with E-state index in [1.807, 2.05) is 0 Å². The SMILES string of the molecule is FC(F)(F)Cn1ncc2cc(Br)ccc21. The molecule has 1 aromatic carbocycles. The number of nitrogens with zero attached hydrogens (tertiary/aromatic N) is 2. The molecule has 0 saturated carbocycles. The van der Waals surface area contributed by atoms with Gasteiger partial charge in [-0.25, -0.2) is 0 Å². The molecule has 1 heterocycles. The molecule has 2 rings (SSSR count). The molecule has 0 N–H and O–H groups in total. The molecular formula is C9H6BrF3N2. The zero-order chi connectivity index (χ0) is 11.1. The molecule has 0 unspecified atom stereocenters.